The number of ether oxygens (including phenoxy) is 1. The number of halogens is 1. The van der Waals surface area contributed by atoms with Crippen LogP contribution in [0.2, 0.25) is 0 Å². The monoisotopic (exact) mass is 344 g/mol. The van der Waals surface area contributed by atoms with Crippen LogP contribution in [0.1, 0.15) is 5.56 Å². The zero-order chi connectivity index (χ0) is 18.1. The van der Waals surface area contributed by atoms with E-state index in [0.29, 0.717) is 5.56 Å². The molecule has 0 bridgehead atoms. The normalized spacial score (nSPS) is 11.0. The Morgan fingerprint density at radius 1 is 1.20 bits per heavy atom. The van der Waals surface area contributed by atoms with E-state index in [2.05, 4.69) is 11.6 Å². The molecule has 2 aromatic heterocycles. The van der Waals surface area contributed by atoms with Gasteiger partial charge in [0.1, 0.15) is 12.4 Å². The van der Waals surface area contributed by atoms with Gasteiger partial charge in [0.25, 0.3) is 11.6 Å². The number of aryl methyl sites for hydroxylation is 2. The van der Waals surface area contributed by atoms with E-state index in [1.54, 1.807) is 13.1 Å². The van der Waals surface area contributed by atoms with Crippen molar-refractivity contribution < 1.29 is 9.13 Å². The Morgan fingerprint density at radius 2 is 1.88 bits per heavy atom. The number of rotatable bonds is 5. The van der Waals surface area contributed by atoms with Crippen molar-refractivity contribution in [2.24, 2.45) is 14.1 Å². The maximum absolute atomic E-state index is 13.0. The van der Waals surface area contributed by atoms with Gasteiger partial charge in [0.15, 0.2) is 11.2 Å². The molecule has 0 amide bonds. The van der Waals surface area contributed by atoms with Crippen molar-refractivity contribution in [1.82, 2.24) is 18.7 Å². The average molecular weight is 344 g/mol. The molecule has 2 heterocycles. The van der Waals surface area contributed by atoms with Crippen LogP contribution in [0.3, 0.4) is 0 Å². The van der Waals surface area contributed by atoms with E-state index >= 15 is 0 Å². The molecule has 25 heavy (non-hydrogen) atoms. The lowest BCUT2D eigenvalue weighted by molar-refractivity contribution is 0.324. The van der Waals surface area contributed by atoms with Gasteiger partial charge in [-0.2, -0.15) is 4.98 Å². The molecule has 0 aliphatic heterocycles. The highest BCUT2D eigenvalue weighted by atomic mass is 19.1. The van der Waals surface area contributed by atoms with Crippen LogP contribution in [0.5, 0.6) is 6.01 Å². The topological polar surface area (TPSA) is 71.1 Å². The summed E-state index contributed by atoms with van der Waals surface area (Å²) in [5, 5.41) is 0. The van der Waals surface area contributed by atoms with Crippen molar-refractivity contribution in [3.05, 3.63) is 69.1 Å². The van der Waals surface area contributed by atoms with Gasteiger partial charge in [0.05, 0.1) is 6.54 Å². The number of hydrogen-bond donors (Lipinski definition) is 0. The Balaban J connectivity index is 2.18. The molecule has 0 spiro atoms. The van der Waals surface area contributed by atoms with E-state index in [1.807, 2.05) is 0 Å². The highest BCUT2D eigenvalue weighted by Gasteiger charge is 2.19. The van der Waals surface area contributed by atoms with E-state index in [1.165, 1.54) is 40.4 Å². The molecular weight excluding hydrogens is 327 g/mol. The molecule has 0 aliphatic carbocycles. The molecule has 3 rings (SSSR count). The first-order valence-corrected chi connectivity index (χ1v) is 7.58. The molecule has 7 nitrogen and oxygen atoms in total. The molecule has 0 atom stereocenters. The van der Waals surface area contributed by atoms with Gasteiger partial charge in [0, 0.05) is 14.1 Å². The smallest absolute Gasteiger partial charge is 0.332 e. The third-order valence-electron chi connectivity index (χ3n) is 3.90. The molecule has 1 aromatic carbocycles. The summed E-state index contributed by atoms with van der Waals surface area (Å²) >= 11 is 0. The quantitative estimate of drug-likeness (QED) is 0.652. The standard InChI is InChI=1S/C17H17FN4O3/c1-4-9-25-16-19-14-13(20(16)2)15(23)22(17(24)21(14)3)10-11-5-7-12(18)8-6-11/h4-8H,1,9-10H2,2-3H3. The van der Waals surface area contributed by atoms with E-state index < -0.39 is 11.2 Å². The third-order valence-corrected chi connectivity index (χ3v) is 3.90. The van der Waals surface area contributed by atoms with E-state index in [-0.39, 0.29) is 36.1 Å². The fraction of sp³-hybridized carbons (Fsp3) is 0.235. The minimum atomic E-state index is -0.504. The predicted octanol–water partition coefficient (Wildman–Crippen LogP) is 1.19. The van der Waals surface area contributed by atoms with Crippen LogP contribution in [0.4, 0.5) is 4.39 Å². The summed E-state index contributed by atoms with van der Waals surface area (Å²) in [4.78, 5) is 29.6. The fourth-order valence-electron chi connectivity index (χ4n) is 2.60. The van der Waals surface area contributed by atoms with Crippen molar-refractivity contribution in [2.45, 2.75) is 6.54 Å². The summed E-state index contributed by atoms with van der Waals surface area (Å²) in [6, 6.07) is 5.87. The summed E-state index contributed by atoms with van der Waals surface area (Å²) in [5.74, 6) is -0.380. The maximum Gasteiger partial charge on any atom is 0.332 e. The summed E-state index contributed by atoms with van der Waals surface area (Å²) in [7, 11) is 3.18. The van der Waals surface area contributed by atoms with Gasteiger partial charge in [-0.05, 0) is 17.7 Å². The van der Waals surface area contributed by atoms with E-state index in [9.17, 15) is 14.0 Å². The molecular formula is C17H17FN4O3. The van der Waals surface area contributed by atoms with Crippen molar-refractivity contribution in [2.75, 3.05) is 6.61 Å². The van der Waals surface area contributed by atoms with Gasteiger partial charge in [-0.15, -0.1) is 0 Å². The second-order valence-corrected chi connectivity index (χ2v) is 5.58. The molecule has 130 valence electrons. The second kappa shape index (κ2) is 6.39. The highest BCUT2D eigenvalue weighted by Crippen LogP contribution is 2.15. The van der Waals surface area contributed by atoms with Crippen molar-refractivity contribution >= 4 is 11.2 Å². The molecule has 0 fully saturated rings. The molecule has 0 aliphatic rings. The Hall–Kier alpha value is -3.16. The van der Waals surface area contributed by atoms with Gasteiger partial charge in [-0.3, -0.25) is 18.5 Å². The zero-order valence-corrected chi connectivity index (χ0v) is 13.9. The van der Waals surface area contributed by atoms with Crippen LogP contribution in [0.25, 0.3) is 11.2 Å². The summed E-state index contributed by atoms with van der Waals surface area (Å²) < 4.78 is 22.4. The zero-order valence-electron chi connectivity index (χ0n) is 13.9. The lowest BCUT2D eigenvalue weighted by Gasteiger charge is -2.08. The van der Waals surface area contributed by atoms with Gasteiger partial charge in [0.2, 0.25) is 0 Å². The van der Waals surface area contributed by atoms with Crippen LogP contribution in [0, 0.1) is 5.82 Å². The van der Waals surface area contributed by atoms with Crippen LogP contribution in [0.15, 0.2) is 46.5 Å². The molecule has 0 saturated heterocycles. The molecule has 8 heteroatoms. The molecule has 0 N–H and O–H groups in total. The number of benzene rings is 1. The number of hydrogen-bond acceptors (Lipinski definition) is 4. The van der Waals surface area contributed by atoms with Crippen LogP contribution < -0.4 is 16.0 Å². The fourth-order valence-corrected chi connectivity index (χ4v) is 2.60. The van der Waals surface area contributed by atoms with Gasteiger partial charge < -0.3 is 4.74 Å². The molecule has 0 radical (unpaired) electrons. The highest BCUT2D eigenvalue weighted by molar-refractivity contribution is 5.71. The molecule has 0 saturated carbocycles. The third kappa shape index (κ3) is 2.86. The number of fused-ring (bicyclic) bond motifs is 1. The van der Waals surface area contributed by atoms with Crippen LogP contribution in [-0.4, -0.2) is 25.3 Å². The number of nitrogens with zero attached hydrogens (tertiary/aromatic N) is 4. The number of imidazole rings is 1. The molecule has 3 aromatic rings. The number of aromatic nitrogens is 4. The first kappa shape index (κ1) is 16.7. The van der Waals surface area contributed by atoms with E-state index in [0.717, 1.165) is 4.57 Å². The molecule has 0 unspecified atom stereocenters. The maximum atomic E-state index is 13.0. The van der Waals surface area contributed by atoms with Gasteiger partial charge in [-0.25, -0.2) is 9.18 Å². The Bertz CT molecular complexity index is 1060. The van der Waals surface area contributed by atoms with Crippen molar-refractivity contribution in [3.8, 4) is 6.01 Å². The predicted molar refractivity (Wildman–Crippen MR) is 91.4 cm³/mol. The van der Waals surface area contributed by atoms with Crippen LogP contribution in [-0.2, 0) is 20.6 Å². The Labute approximate surface area is 142 Å². The average Bonchev–Trinajstić information content (AvgIpc) is 2.93. The minimum absolute atomic E-state index is 0.0375. The summed E-state index contributed by atoms with van der Waals surface area (Å²) in [5.41, 5.74) is 0.154. The second-order valence-electron chi connectivity index (χ2n) is 5.58. The van der Waals surface area contributed by atoms with Gasteiger partial charge >= 0.3 is 5.69 Å². The van der Waals surface area contributed by atoms with Crippen molar-refractivity contribution in [1.29, 1.82) is 0 Å². The lowest BCUT2D eigenvalue weighted by Crippen LogP contribution is -2.39. The lowest BCUT2D eigenvalue weighted by atomic mass is 10.2. The first-order chi connectivity index (χ1) is 11.9. The summed E-state index contributed by atoms with van der Waals surface area (Å²) in [6.07, 6.45) is 1.56. The largest absolute Gasteiger partial charge is 0.460 e. The van der Waals surface area contributed by atoms with Crippen LogP contribution >= 0.6 is 0 Å². The Morgan fingerprint density at radius 3 is 2.52 bits per heavy atom. The van der Waals surface area contributed by atoms with Gasteiger partial charge in [-0.1, -0.05) is 24.8 Å². The minimum Gasteiger partial charge on any atom is -0.460 e. The Kier molecular flexibility index (Phi) is 4.26. The van der Waals surface area contributed by atoms with E-state index in [4.69, 9.17) is 4.74 Å². The summed E-state index contributed by atoms with van der Waals surface area (Å²) in [6.45, 7) is 3.83. The van der Waals surface area contributed by atoms with Crippen molar-refractivity contribution in [3.63, 3.8) is 0 Å². The first-order valence-electron chi connectivity index (χ1n) is 7.58. The SMILES string of the molecule is C=CCOc1nc2c(c(=O)n(Cc3ccc(F)cc3)c(=O)n2C)n1C.